The van der Waals surface area contributed by atoms with E-state index in [1.165, 1.54) is 14.0 Å². The number of methoxy groups -OCH3 is 2. The Labute approximate surface area is 326 Å². The van der Waals surface area contributed by atoms with Crippen molar-refractivity contribution in [3.63, 3.8) is 0 Å². The summed E-state index contributed by atoms with van der Waals surface area (Å²) >= 11 is 1.68. The average Bonchev–Trinajstić information content (AvgIpc) is 3.66. The lowest BCUT2D eigenvalue weighted by Gasteiger charge is -2.44. The highest BCUT2D eigenvalue weighted by Crippen LogP contribution is 2.51. The molecule has 0 aliphatic carbocycles. The van der Waals surface area contributed by atoms with E-state index in [1.807, 2.05) is 40.1 Å². The third kappa shape index (κ3) is 7.67. The monoisotopic (exact) mass is 779 g/mol. The van der Waals surface area contributed by atoms with Crippen LogP contribution in [0.2, 0.25) is 0 Å². The zero-order chi connectivity index (χ0) is 39.6. The lowest BCUT2D eigenvalue weighted by atomic mass is 9.85. The molecule has 55 heavy (non-hydrogen) atoms. The molecule has 14 heteroatoms. The van der Waals surface area contributed by atoms with Gasteiger partial charge in [-0.2, -0.15) is 11.8 Å². The molecule has 0 bridgehead atoms. The Morgan fingerprint density at radius 1 is 1.05 bits per heavy atom. The summed E-state index contributed by atoms with van der Waals surface area (Å²) in [7, 11) is 4.98. The zero-order valence-corrected chi connectivity index (χ0v) is 33.7. The van der Waals surface area contributed by atoms with Gasteiger partial charge in [-0.25, -0.2) is 4.79 Å². The summed E-state index contributed by atoms with van der Waals surface area (Å²) in [5.41, 5.74) is 7.02. The summed E-state index contributed by atoms with van der Waals surface area (Å²) in [5, 5.41) is 28.6. The van der Waals surface area contributed by atoms with E-state index < -0.39 is 24.0 Å². The van der Waals surface area contributed by atoms with Crippen LogP contribution < -0.4 is 34.3 Å². The number of carbonyl (C=O) groups is 2. The summed E-state index contributed by atoms with van der Waals surface area (Å²) < 4.78 is 35.7. The van der Waals surface area contributed by atoms with Crippen molar-refractivity contribution in [1.82, 2.24) is 15.5 Å². The number of aryl methyl sites for hydroxylation is 2. The van der Waals surface area contributed by atoms with Crippen LogP contribution in [0, 0.1) is 20.8 Å². The van der Waals surface area contributed by atoms with E-state index in [2.05, 4.69) is 21.6 Å². The smallest absolute Gasteiger partial charge is 0.327 e. The quantitative estimate of drug-likeness (QED) is 0.146. The van der Waals surface area contributed by atoms with E-state index in [1.54, 1.807) is 24.9 Å². The van der Waals surface area contributed by atoms with Gasteiger partial charge in [-0.1, -0.05) is 6.07 Å². The molecule has 0 saturated carbocycles. The van der Waals surface area contributed by atoms with Gasteiger partial charge in [0.2, 0.25) is 6.79 Å². The number of ether oxygens (including phenoxy) is 6. The van der Waals surface area contributed by atoms with E-state index in [0.29, 0.717) is 82.7 Å². The Morgan fingerprint density at radius 2 is 1.82 bits per heavy atom. The molecule has 0 spiro atoms. The van der Waals surface area contributed by atoms with Gasteiger partial charge in [0.25, 0.3) is 0 Å². The number of phenols is 1. The van der Waals surface area contributed by atoms with E-state index in [9.17, 15) is 19.8 Å². The molecule has 0 amide bonds. The fourth-order valence-electron chi connectivity index (χ4n) is 8.65. The van der Waals surface area contributed by atoms with Crippen LogP contribution in [-0.2, 0) is 33.8 Å². The van der Waals surface area contributed by atoms with Crippen molar-refractivity contribution in [3.8, 4) is 34.5 Å². The van der Waals surface area contributed by atoms with E-state index >= 15 is 0 Å². The van der Waals surface area contributed by atoms with Gasteiger partial charge >= 0.3 is 11.9 Å². The molecule has 3 aromatic rings. The minimum absolute atomic E-state index is 0.0210. The van der Waals surface area contributed by atoms with Gasteiger partial charge in [0.1, 0.15) is 24.1 Å². The Hall–Kier alpha value is -4.21. The number of fused-ring (bicyclic) bond motifs is 3. The number of phenolic OH excluding ortho intramolecular Hbond substituents is 1. The van der Waals surface area contributed by atoms with Gasteiger partial charge in [0, 0.05) is 53.1 Å². The standard InChI is InChI=1S/C41H53N3O10S/c1-21-14-26-10-9-13-44(30(19-55-8)35(42-5)33(26)36(47)37(21)50-7)29(32-22(2)38(54-24(4)46)23(3)39-40(32)53-20-52-39)18-51-41(48)34-28-16-31(49-6)27(17-45)15-25(28)11-12-43-34/h14-16,29-30,34-35,42-43,45,47H,9-13,17-20H2,1-8H3/t29-,30?,34?,35-/m0/s1. The molecular weight excluding hydrogens is 727 g/mol. The largest absolute Gasteiger partial charge is 0.504 e. The number of likely N-dealkylation sites (N-methyl/N-ethyl adjacent to an activating group) is 1. The number of carbonyl (C=O) groups excluding carboxylic acids is 2. The fourth-order valence-corrected chi connectivity index (χ4v) is 9.37. The number of hydrogen-bond donors (Lipinski definition) is 4. The normalized spacial score (nSPS) is 19.8. The maximum Gasteiger partial charge on any atom is 0.327 e. The summed E-state index contributed by atoms with van der Waals surface area (Å²) in [5.74, 6) is 2.11. The van der Waals surface area contributed by atoms with Crippen LogP contribution in [0.5, 0.6) is 34.5 Å². The predicted molar refractivity (Wildman–Crippen MR) is 209 cm³/mol. The number of thioether (sulfide) groups is 1. The summed E-state index contributed by atoms with van der Waals surface area (Å²) in [6.07, 6.45) is 4.14. The Bertz CT molecular complexity index is 1940. The highest BCUT2D eigenvalue weighted by Gasteiger charge is 2.42. The summed E-state index contributed by atoms with van der Waals surface area (Å²) in [6.45, 7) is 7.89. The van der Waals surface area contributed by atoms with E-state index in [0.717, 1.165) is 34.2 Å². The third-order valence-corrected chi connectivity index (χ3v) is 11.7. The second-order valence-electron chi connectivity index (χ2n) is 14.2. The third-order valence-electron chi connectivity index (χ3n) is 11.0. The van der Waals surface area contributed by atoms with Crippen molar-refractivity contribution in [1.29, 1.82) is 0 Å². The second-order valence-corrected chi connectivity index (χ2v) is 15.1. The van der Waals surface area contributed by atoms with Crippen LogP contribution in [0.15, 0.2) is 18.2 Å². The molecular formula is C41H53N3O10S. The van der Waals surface area contributed by atoms with Crippen LogP contribution in [0.1, 0.15) is 81.5 Å². The van der Waals surface area contributed by atoms with Crippen molar-refractivity contribution in [2.45, 2.75) is 77.7 Å². The summed E-state index contributed by atoms with van der Waals surface area (Å²) in [4.78, 5) is 29.1. The second kappa shape index (κ2) is 17.3. The fraction of sp³-hybridized carbons (Fsp3) is 0.512. The molecule has 6 rings (SSSR count). The van der Waals surface area contributed by atoms with Crippen LogP contribution in [0.4, 0.5) is 0 Å². The van der Waals surface area contributed by atoms with Crippen LogP contribution in [0.3, 0.4) is 0 Å². The van der Waals surface area contributed by atoms with Crippen molar-refractivity contribution in [2.75, 3.05) is 59.8 Å². The molecule has 3 aliphatic rings. The molecule has 3 heterocycles. The Morgan fingerprint density at radius 3 is 2.49 bits per heavy atom. The number of aromatic hydroxyl groups is 1. The molecule has 13 nitrogen and oxygen atoms in total. The number of nitrogens with one attached hydrogen (secondary N) is 2. The molecule has 0 aromatic heterocycles. The molecule has 4 N–H and O–H groups in total. The molecule has 4 atom stereocenters. The number of hydrogen-bond acceptors (Lipinski definition) is 14. The van der Waals surface area contributed by atoms with Crippen molar-refractivity contribution in [2.24, 2.45) is 0 Å². The van der Waals surface area contributed by atoms with E-state index in [4.69, 9.17) is 28.4 Å². The first-order valence-electron chi connectivity index (χ1n) is 18.6. The minimum Gasteiger partial charge on any atom is -0.504 e. The van der Waals surface area contributed by atoms with Gasteiger partial charge in [-0.05, 0) is 94.3 Å². The molecule has 0 radical (unpaired) electrons. The van der Waals surface area contributed by atoms with E-state index in [-0.39, 0.29) is 37.8 Å². The number of nitrogens with zero attached hydrogens (tertiary/aromatic N) is 1. The topological polar surface area (TPSA) is 157 Å². The zero-order valence-electron chi connectivity index (χ0n) is 32.9. The molecule has 3 aliphatic heterocycles. The molecule has 3 aromatic carbocycles. The number of aliphatic hydroxyl groups excluding tert-OH is 1. The van der Waals surface area contributed by atoms with Crippen molar-refractivity contribution in [3.05, 3.63) is 68.3 Å². The van der Waals surface area contributed by atoms with Gasteiger partial charge in [0.15, 0.2) is 23.0 Å². The first-order valence-corrected chi connectivity index (χ1v) is 20.0. The molecule has 2 unspecified atom stereocenters. The van der Waals surface area contributed by atoms with Crippen molar-refractivity contribution < 1.29 is 48.2 Å². The van der Waals surface area contributed by atoms with Gasteiger partial charge in [-0.3, -0.25) is 9.69 Å². The van der Waals surface area contributed by atoms with Crippen LogP contribution in [0.25, 0.3) is 0 Å². The maximum absolute atomic E-state index is 14.3. The van der Waals surface area contributed by atoms with Gasteiger partial charge in [-0.15, -0.1) is 0 Å². The van der Waals surface area contributed by atoms with Gasteiger partial charge in [0.05, 0.1) is 32.9 Å². The number of rotatable bonds is 12. The number of aliphatic hydroxyl groups is 1. The lowest BCUT2D eigenvalue weighted by Crippen LogP contribution is -2.50. The van der Waals surface area contributed by atoms with Crippen LogP contribution >= 0.6 is 11.8 Å². The first-order chi connectivity index (χ1) is 26.5. The molecule has 0 fully saturated rings. The SMILES string of the molecule is CN[C@@H]1c2c(cc(C)c(OC)c2O)CCCN([C@@H](COC(=O)C2NCCc3cc(CO)c(OC)cc32)c2c(C)c(OC(C)=O)c(C)c3c2OCO3)C1CSC. The predicted octanol–water partition coefficient (Wildman–Crippen LogP) is 4.89. The first kappa shape index (κ1) is 40.5. The molecule has 298 valence electrons. The number of esters is 2. The summed E-state index contributed by atoms with van der Waals surface area (Å²) in [6, 6.07) is 3.81. The van der Waals surface area contributed by atoms with Crippen LogP contribution in [-0.4, -0.2) is 92.9 Å². The van der Waals surface area contributed by atoms with Gasteiger partial charge < -0.3 is 49.3 Å². The average molecular weight is 780 g/mol. The lowest BCUT2D eigenvalue weighted by molar-refractivity contribution is -0.149. The highest BCUT2D eigenvalue weighted by molar-refractivity contribution is 7.98. The Kier molecular flexibility index (Phi) is 12.7. The maximum atomic E-state index is 14.3. The molecule has 0 saturated heterocycles. The van der Waals surface area contributed by atoms with Crippen molar-refractivity contribution >= 4 is 23.7 Å². The highest BCUT2D eigenvalue weighted by atomic mass is 32.2. The Balaban J connectivity index is 1.49. The minimum atomic E-state index is -0.772. The number of benzene rings is 3.